The number of methoxy groups -OCH3 is 8. The number of ketones is 1. The van der Waals surface area contributed by atoms with Gasteiger partial charge in [-0.05, 0) is 99.1 Å². The third kappa shape index (κ3) is 11.1. The van der Waals surface area contributed by atoms with Crippen LogP contribution >= 0.6 is 95.6 Å². The number of rotatable bonds is 18. The molecule has 15 heteroatoms. The number of hydrogen-bond acceptors (Lipinski definition) is 9. The van der Waals surface area contributed by atoms with Gasteiger partial charge in [0.05, 0.1) is 77.7 Å². The van der Waals surface area contributed by atoms with Crippen LogP contribution in [0.5, 0.6) is 46.0 Å². The van der Waals surface area contributed by atoms with E-state index in [9.17, 15) is 0 Å². The first-order chi connectivity index (χ1) is 27.8. The molecule has 0 radical (unpaired) electrons. The molecule has 0 aliphatic carbocycles. The molecule has 4 aromatic carbocycles. The van der Waals surface area contributed by atoms with Gasteiger partial charge in [0.2, 0.25) is 0 Å². The predicted octanol–water partition coefficient (Wildman–Crippen LogP) is 13.3. The Balaban J connectivity index is 1.96. The Bertz CT molecular complexity index is 2100. The molecule has 0 aliphatic heterocycles. The van der Waals surface area contributed by atoms with Gasteiger partial charge in [0.25, 0.3) is 0 Å². The van der Waals surface area contributed by atoms with E-state index in [0.717, 1.165) is 20.1 Å². The van der Waals surface area contributed by atoms with Crippen LogP contribution in [0.25, 0.3) is 24.3 Å². The largest absolute Gasteiger partial charge is 0.496 e. The van der Waals surface area contributed by atoms with Gasteiger partial charge in [0.1, 0.15) is 23.0 Å². The van der Waals surface area contributed by atoms with E-state index in [1.54, 1.807) is 69.0 Å². The average molecular weight is 1180 g/mol. The lowest BCUT2D eigenvalue weighted by atomic mass is 9.89. The molecule has 0 aliphatic rings. The third-order valence-electron chi connectivity index (χ3n) is 8.80. The van der Waals surface area contributed by atoms with E-state index in [1.807, 2.05) is 72.9 Å². The van der Waals surface area contributed by atoms with Gasteiger partial charge >= 0.3 is 0 Å². The fraction of sp³-hybridized carbons (Fsp3) is 0.233. The maximum absolute atomic E-state index is 15.1. The lowest BCUT2D eigenvalue weighted by Gasteiger charge is -2.16. The van der Waals surface area contributed by atoms with Crippen molar-refractivity contribution in [2.45, 2.75) is 0 Å². The molecule has 58 heavy (non-hydrogen) atoms. The maximum atomic E-state index is 15.1. The van der Waals surface area contributed by atoms with E-state index < -0.39 is 11.8 Å². The van der Waals surface area contributed by atoms with Gasteiger partial charge in [0, 0.05) is 41.2 Å². The zero-order valence-corrected chi connectivity index (χ0v) is 42.2. The van der Waals surface area contributed by atoms with Crippen molar-refractivity contribution in [3.8, 4) is 46.0 Å². The van der Waals surface area contributed by atoms with Gasteiger partial charge in [-0.1, -0.05) is 80.5 Å². The Hall–Kier alpha value is -3.21. The van der Waals surface area contributed by atoms with Crippen LogP contribution in [0.4, 0.5) is 0 Å². The second-order valence-electron chi connectivity index (χ2n) is 12.0. The van der Waals surface area contributed by atoms with Crippen molar-refractivity contribution in [1.29, 1.82) is 0 Å². The molecule has 4 aromatic rings. The molecule has 0 fully saturated rings. The first kappa shape index (κ1) is 47.5. The van der Waals surface area contributed by atoms with Crippen molar-refractivity contribution in [1.82, 2.24) is 0 Å². The van der Waals surface area contributed by atoms with Crippen molar-refractivity contribution in [2.75, 3.05) is 56.9 Å². The number of allylic oxidation sites excluding steroid dienone is 4. The summed E-state index contributed by atoms with van der Waals surface area (Å²) < 4.78 is 49.0. The van der Waals surface area contributed by atoms with Crippen molar-refractivity contribution in [2.24, 2.45) is 11.8 Å². The van der Waals surface area contributed by atoms with Crippen LogP contribution in [0.15, 0.2) is 87.5 Å². The summed E-state index contributed by atoms with van der Waals surface area (Å²) in [4.78, 5) is 15.1. The van der Waals surface area contributed by atoms with E-state index >= 15 is 4.79 Å². The highest BCUT2D eigenvalue weighted by Crippen LogP contribution is 2.44. The Morgan fingerprint density at radius 2 is 0.690 bits per heavy atom. The van der Waals surface area contributed by atoms with Gasteiger partial charge in [0.15, 0.2) is 28.8 Å². The highest BCUT2D eigenvalue weighted by atomic mass is 79.9. The van der Waals surface area contributed by atoms with E-state index in [0.29, 0.717) is 75.0 Å². The van der Waals surface area contributed by atoms with Crippen molar-refractivity contribution < 1.29 is 42.7 Å². The summed E-state index contributed by atoms with van der Waals surface area (Å²) in [5.41, 5.74) is 2.93. The predicted molar refractivity (Wildman–Crippen MR) is 253 cm³/mol. The molecule has 0 aromatic heterocycles. The normalized spacial score (nSPS) is 12.7. The molecular weight excluding hydrogens is 1140 g/mol. The molecule has 308 valence electrons. The molecule has 9 nitrogen and oxygen atoms in total. The van der Waals surface area contributed by atoms with E-state index in [1.165, 1.54) is 0 Å². The van der Waals surface area contributed by atoms with Gasteiger partial charge in [-0.2, -0.15) is 0 Å². The smallest absolute Gasteiger partial charge is 0.161 e. The molecule has 0 saturated carbocycles. The van der Waals surface area contributed by atoms with Crippen LogP contribution in [0.2, 0.25) is 0 Å². The number of hydrogen-bond donors (Lipinski definition) is 0. The van der Waals surface area contributed by atoms with Crippen LogP contribution in [0, 0.1) is 11.8 Å². The van der Waals surface area contributed by atoms with Gasteiger partial charge in [-0.3, -0.25) is 4.79 Å². The number of halogens is 6. The molecule has 2 unspecified atom stereocenters. The summed E-state index contributed by atoms with van der Waals surface area (Å²) >= 11 is 21.9. The number of ether oxygens (including phenoxy) is 8. The van der Waals surface area contributed by atoms with Crippen LogP contribution in [0.1, 0.15) is 22.3 Å². The van der Waals surface area contributed by atoms with Gasteiger partial charge in [-0.15, -0.1) is 0 Å². The molecule has 4 rings (SSSR count). The standard InChI is InChI=1S/C43H40Br6O9/c1-51-31-21-37(57-7)41(48)39(46)27(31)15-13-23(9-11-25-17-33(53-3)35(55-5)19-29(25)44)43(50)24(10-12-26-18-34(54-4)36(56-6)20-30(26)45)14-16-28-32(52-2)22-38(58-8)42(49)40(28)47/h9-24H,1-8H3. The first-order valence-electron chi connectivity index (χ1n) is 17.1. The summed E-state index contributed by atoms with van der Waals surface area (Å²) in [7, 11) is 12.6. The fourth-order valence-corrected chi connectivity index (χ4v) is 8.61. The SMILES string of the molecule is COc1cc(Br)c(C=CC(C=Cc2c(OC)cc(OC)c(Br)c2Br)C(=O)C(C=Cc2cc(OC)c(OC)cc2Br)C=Cc2c(OC)cc(OC)c(Br)c2Br)cc1OC. The first-order valence-corrected chi connectivity index (χ1v) is 21.9. The second-order valence-corrected chi connectivity index (χ2v) is 16.9. The molecule has 0 bridgehead atoms. The topological polar surface area (TPSA) is 90.9 Å². The summed E-state index contributed by atoms with van der Waals surface area (Å²) in [6.45, 7) is 0. The molecule has 0 spiro atoms. The third-order valence-corrected chi connectivity index (χ3v) is 14.5. The van der Waals surface area contributed by atoms with Gasteiger partial charge < -0.3 is 37.9 Å². The highest BCUT2D eigenvalue weighted by molar-refractivity contribution is 9.13. The lowest BCUT2D eigenvalue weighted by molar-refractivity contribution is -0.121. The van der Waals surface area contributed by atoms with Crippen molar-refractivity contribution in [3.63, 3.8) is 0 Å². The molecule has 2 atom stereocenters. The monoisotopic (exact) mass is 1170 g/mol. The number of carbonyl (C=O) groups excluding carboxylic acids is 1. The average Bonchev–Trinajstić information content (AvgIpc) is 3.23. The van der Waals surface area contributed by atoms with E-state index in [-0.39, 0.29) is 5.78 Å². The molecule has 0 saturated heterocycles. The Morgan fingerprint density at radius 1 is 0.397 bits per heavy atom. The van der Waals surface area contributed by atoms with Crippen molar-refractivity contribution >= 4 is 126 Å². The van der Waals surface area contributed by atoms with E-state index in [4.69, 9.17) is 37.9 Å². The Labute approximate surface area is 389 Å². The molecule has 0 amide bonds. The van der Waals surface area contributed by atoms with Gasteiger partial charge in [-0.25, -0.2) is 0 Å². The van der Waals surface area contributed by atoms with Crippen LogP contribution in [0.3, 0.4) is 0 Å². The fourth-order valence-electron chi connectivity index (χ4n) is 5.67. The molecular formula is C43H40Br6O9. The molecule has 0 N–H and O–H groups in total. The maximum Gasteiger partial charge on any atom is 0.161 e. The highest BCUT2D eigenvalue weighted by Gasteiger charge is 2.23. The van der Waals surface area contributed by atoms with Crippen molar-refractivity contribution in [3.05, 3.63) is 110 Å². The minimum Gasteiger partial charge on any atom is -0.496 e. The zero-order valence-electron chi connectivity index (χ0n) is 32.7. The quantitative estimate of drug-likeness (QED) is 0.0966. The lowest BCUT2D eigenvalue weighted by Crippen LogP contribution is -2.18. The van der Waals surface area contributed by atoms with Crippen LogP contribution in [-0.4, -0.2) is 62.7 Å². The van der Waals surface area contributed by atoms with E-state index in [2.05, 4.69) is 95.6 Å². The zero-order chi connectivity index (χ0) is 42.7. The van der Waals surface area contributed by atoms with Crippen LogP contribution < -0.4 is 37.9 Å². The number of benzene rings is 4. The summed E-state index contributed by atoms with van der Waals surface area (Å²) in [6.07, 6.45) is 14.8. The Kier molecular flexibility index (Phi) is 18.3. The second kappa shape index (κ2) is 22.4. The molecule has 0 heterocycles. The summed E-state index contributed by atoms with van der Waals surface area (Å²) in [5.74, 6) is 2.72. The number of Topliss-reactive ketones (excluding diaryl/α,β-unsaturated/α-hetero) is 1. The summed E-state index contributed by atoms with van der Waals surface area (Å²) in [5, 5.41) is 0. The summed E-state index contributed by atoms with van der Waals surface area (Å²) in [6, 6.07) is 10.8. The minimum absolute atomic E-state index is 0.154. The minimum atomic E-state index is -0.779. The number of carbonyl (C=O) groups is 1. The van der Waals surface area contributed by atoms with Crippen LogP contribution in [-0.2, 0) is 4.79 Å². The Morgan fingerprint density at radius 3 is 1.00 bits per heavy atom.